The molecular formula is C6H10Cl2Si. The van der Waals surface area contributed by atoms with Crippen molar-refractivity contribution >= 4 is 28.9 Å². The molecule has 0 saturated carbocycles. The molecule has 0 aliphatic heterocycles. The van der Waals surface area contributed by atoms with E-state index in [4.69, 9.17) is 22.2 Å². The van der Waals surface area contributed by atoms with Gasteiger partial charge in [-0.3, -0.25) is 0 Å². The largest absolute Gasteiger partial charge is 0.301 e. The molecule has 0 spiro atoms. The lowest BCUT2D eigenvalue weighted by atomic mass is 10.7. The van der Waals surface area contributed by atoms with E-state index in [9.17, 15) is 0 Å². The van der Waals surface area contributed by atoms with Crippen molar-refractivity contribution in [2.24, 2.45) is 0 Å². The highest BCUT2D eigenvalue weighted by atomic mass is 35.7. The predicted octanol–water partition coefficient (Wildman–Crippen LogP) is 3.14. The van der Waals surface area contributed by atoms with Gasteiger partial charge in [-0.2, -0.15) is 0 Å². The summed E-state index contributed by atoms with van der Waals surface area (Å²) in [5, 5.41) is 1.69. The first-order valence-electron chi connectivity index (χ1n) is 2.59. The molecule has 0 rings (SSSR count). The van der Waals surface area contributed by atoms with E-state index in [0.29, 0.717) is 0 Å². The van der Waals surface area contributed by atoms with E-state index < -0.39 is 6.69 Å². The fourth-order valence-electron chi connectivity index (χ4n) is 0.364. The topological polar surface area (TPSA) is 0 Å². The molecule has 0 bridgehead atoms. The van der Waals surface area contributed by atoms with Gasteiger partial charge in [0, 0.05) is 0 Å². The second-order valence-electron chi connectivity index (χ2n) is 2.14. The Morgan fingerprint density at radius 3 is 1.33 bits per heavy atom. The summed E-state index contributed by atoms with van der Waals surface area (Å²) in [4.78, 5) is 0. The van der Waals surface area contributed by atoms with Crippen LogP contribution in [0.1, 0.15) is 13.8 Å². The van der Waals surface area contributed by atoms with E-state index in [1.54, 1.807) is 0 Å². The number of allylic oxidation sites excluding steroid dienone is 2. The van der Waals surface area contributed by atoms with Gasteiger partial charge in [0.2, 0.25) is 0 Å². The van der Waals surface area contributed by atoms with Crippen LogP contribution in [-0.4, -0.2) is 6.69 Å². The number of halogens is 2. The molecule has 0 heterocycles. The maximum atomic E-state index is 5.91. The van der Waals surface area contributed by atoms with Crippen LogP contribution in [0, 0.1) is 0 Å². The van der Waals surface area contributed by atoms with Gasteiger partial charge in [-0.15, -0.1) is 35.3 Å². The molecule has 0 amide bonds. The summed E-state index contributed by atoms with van der Waals surface area (Å²) in [6.07, 6.45) is 0. The average molecular weight is 181 g/mol. The van der Waals surface area contributed by atoms with Crippen molar-refractivity contribution in [3.8, 4) is 0 Å². The first-order chi connectivity index (χ1) is 3.89. The van der Waals surface area contributed by atoms with Crippen molar-refractivity contribution in [3.63, 3.8) is 0 Å². The molecule has 0 aromatic rings. The summed E-state index contributed by atoms with van der Waals surface area (Å²) in [5.41, 5.74) is 0. The Labute approximate surface area is 66.6 Å². The van der Waals surface area contributed by atoms with Crippen molar-refractivity contribution in [2.75, 3.05) is 0 Å². The number of hydrogen-bond donors (Lipinski definition) is 0. The highest BCUT2D eigenvalue weighted by molar-refractivity contribution is 7.51. The molecule has 0 aliphatic carbocycles. The summed E-state index contributed by atoms with van der Waals surface area (Å²) in [6.45, 7) is 8.74. The van der Waals surface area contributed by atoms with E-state index in [1.165, 1.54) is 0 Å². The Balaban J connectivity index is 4.38. The minimum atomic E-state index is -2.30. The maximum absolute atomic E-state index is 5.91. The highest BCUT2D eigenvalue weighted by Crippen LogP contribution is 2.29. The van der Waals surface area contributed by atoms with Crippen LogP contribution in [0.2, 0.25) is 0 Å². The molecule has 0 nitrogen and oxygen atoms in total. The molecule has 0 atom stereocenters. The molecule has 0 N–H and O–H groups in total. The van der Waals surface area contributed by atoms with Crippen LogP contribution in [0.3, 0.4) is 0 Å². The molecule has 0 aromatic carbocycles. The third-order valence-corrected chi connectivity index (χ3v) is 7.09. The van der Waals surface area contributed by atoms with Crippen LogP contribution in [0.15, 0.2) is 23.6 Å². The Morgan fingerprint density at radius 2 is 1.33 bits per heavy atom. The zero-order valence-corrected chi connectivity index (χ0v) is 8.18. The quantitative estimate of drug-likeness (QED) is 0.453. The fraction of sp³-hybridized carbons (Fsp3) is 0.333. The van der Waals surface area contributed by atoms with Crippen molar-refractivity contribution in [3.05, 3.63) is 23.6 Å². The molecule has 9 heavy (non-hydrogen) atoms. The van der Waals surface area contributed by atoms with Crippen molar-refractivity contribution in [1.29, 1.82) is 0 Å². The predicted molar refractivity (Wildman–Crippen MR) is 47.1 cm³/mol. The van der Waals surface area contributed by atoms with E-state index in [0.717, 1.165) is 10.4 Å². The second-order valence-corrected chi connectivity index (χ2v) is 8.97. The average Bonchev–Trinajstić information content (AvgIpc) is 1.65. The van der Waals surface area contributed by atoms with Gasteiger partial charge in [0.15, 0.2) is 0 Å². The van der Waals surface area contributed by atoms with Crippen molar-refractivity contribution in [1.82, 2.24) is 0 Å². The van der Waals surface area contributed by atoms with Gasteiger partial charge >= 0.3 is 6.69 Å². The van der Waals surface area contributed by atoms with Gasteiger partial charge in [-0.25, -0.2) is 0 Å². The smallest absolute Gasteiger partial charge is 0.134 e. The fourth-order valence-corrected chi connectivity index (χ4v) is 1.09. The van der Waals surface area contributed by atoms with E-state index >= 15 is 0 Å². The van der Waals surface area contributed by atoms with Gasteiger partial charge in [0.05, 0.1) is 0 Å². The SMILES string of the molecule is C=C(C)[Si](Cl)(Cl)C(=C)C. The van der Waals surface area contributed by atoms with E-state index in [1.807, 2.05) is 13.8 Å². The minimum absolute atomic E-state index is 0.846. The molecule has 0 radical (unpaired) electrons. The molecule has 0 aliphatic rings. The summed E-state index contributed by atoms with van der Waals surface area (Å²) >= 11 is 11.8. The first kappa shape index (κ1) is 9.28. The Kier molecular flexibility index (Phi) is 3.00. The Hall–Kier alpha value is 0.277. The van der Waals surface area contributed by atoms with Crippen molar-refractivity contribution < 1.29 is 0 Å². The number of rotatable bonds is 2. The third kappa shape index (κ3) is 2.16. The molecule has 0 aromatic heterocycles. The molecule has 52 valence electrons. The van der Waals surface area contributed by atoms with Gasteiger partial charge in [0.25, 0.3) is 0 Å². The van der Waals surface area contributed by atoms with Crippen molar-refractivity contribution in [2.45, 2.75) is 13.8 Å². The first-order valence-corrected chi connectivity index (χ1v) is 6.61. The minimum Gasteiger partial charge on any atom is -0.134 e. The molecular weight excluding hydrogens is 171 g/mol. The van der Waals surface area contributed by atoms with Crippen LogP contribution < -0.4 is 0 Å². The normalized spacial score (nSPS) is 11.1. The van der Waals surface area contributed by atoms with Crippen LogP contribution in [0.25, 0.3) is 0 Å². The van der Waals surface area contributed by atoms with Crippen LogP contribution in [0.4, 0.5) is 0 Å². The second kappa shape index (κ2) is 2.91. The Morgan fingerprint density at radius 1 is 1.11 bits per heavy atom. The lowest BCUT2D eigenvalue weighted by Crippen LogP contribution is -2.22. The maximum Gasteiger partial charge on any atom is 0.301 e. The summed E-state index contributed by atoms with van der Waals surface area (Å²) in [7, 11) is 0. The molecule has 0 unspecified atom stereocenters. The molecule has 0 fully saturated rings. The van der Waals surface area contributed by atoms with E-state index in [-0.39, 0.29) is 0 Å². The van der Waals surface area contributed by atoms with Gasteiger partial charge in [-0.05, 0) is 13.8 Å². The van der Waals surface area contributed by atoms with Crippen LogP contribution in [0.5, 0.6) is 0 Å². The summed E-state index contributed by atoms with van der Waals surface area (Å²) in [5.74, 6) is 0. The monoisotopic (exact) mass is 180 g/mol. The standard InChI is InChI=1S/C6H10Cl2Si/c1-5(2)9(7,8)6(3)4/h1,3H2,2,4H3. The summed E-state index contributed by atoms with van der Waals surface area (Å²) in [6, 6.07) is 0. The highest BCUT2D eigenvalue weighted by Gasteiger charge is 2.30. The Bertz CT molecular complexity index is 133. The van der Waals surface area contributed by atoms with Gasteiger partial charge in [0.1, 0.15) is 0 Å². The zero-order valence-electron chi connectivity index (χ0n) is 5.67. The van der Waals surface area contributed by atoms with Crippen LogP contribution >= 0.6 is 22.2 Å². The summed E-state index contributed by atoms with van der Waals surface area (Å²) < 4.78 is 0. The molecule has 0 saturated heterocycles. The van der Waals surface area contributed by atoms with Gasteiger partial charge in [-0.1, -0.05) is 10.4 Å². The van der Waals surface area contributed by atoms with E-state index in [2.05, 4.69) is 13.2 Å². The van der Waals surface area contributed by atoms with Crippen LogP contribution in [-0.2, 0) is 0 Å². The zero-order chi connectivity index (χ0) is 7.65. The third-order valence-electron chi connectivity index (χ3n) is 1.07. The lowest BCUT2D eigenvalue weighted by molar-refractivity contribution is 1.60. The number of hydrogen-bond acceptors (Lipinski definition) is 0. The van der Waals surface area contributed by atoms with Gasteiger partial charge < -0.3 is 0 Å². The molecule has 3 heteroatoms. The lowest BCUT2D eigenvalue weighted by Gasteiger charge is -2.15.